The highest BCUT2D eigenvalue weighted by atomic mass is 35.5. The molecule has 56 valence electrons. The number of halogens is 2. The van der Waals surface area contributed by atoms with Crippen molar-refractivity contribution in [3.63, 3.8) is 0 Å². The average Bonchev–Trinajstić information content (AvgIpc) is 1.59. The normalized spacial score (nSPS) is 9.50. The van der Waals surface area contributed by atoms with Gasteiger partial charge in [-0.15, -0.1) is 0 Å². The third kappa shape index (κ3) is 2.33. The third-order valence-corrected chi connectivity index (χ3v) is 1.14. The van der Waals surface area contributed by atoms with Gasteiger partial charge in [0.15, 0.2) is 0 Å². The Morgan fingerprint density at radius 1 is 1.10 bits per heavy atom. The van der Waals surface area contributed by atoms with Crippen molar-refractivity contribution in [2.75, 3.05) is 0 Å². The van der Waals surface area contributed by atoms with Crippen LogP contribution in [0.4, 0.5) is 0 Å². The molecule has 1 N–H and O–H groups in total. The highest BCUT2D eigenvalue weighted by Crippen LogP contribution is 2.06. The number of aliphatic carboxylic acids is 1. The lowest BCUT2D eigenvalue weighted by Crippen LogP contribution is -2.25. The lowest BCUT2D eigenvalue weighted by molar-refractivity contribution is -0.146. The minimum absolute atomic E-state index is 1.28. The number of carbonyl (C=O) groups is 3. The minimum atomic E-state index is -1.94. The Morgan fingerprint density at radius 3 is 1.40 bits per heavy atom. The van der Waals surface area contributed by atoms with Gasteiger partial charge < -0.3 is 5.11 Å². The van der Waals surface area contributed by atoms with Gasteiger partial charge in [0, 0.05) is 0 Å². The molecule has 0 amide bonds. The van der Waals surface area contributed by atoms with Crippen LogP contribution < -0.4 is 0 Å². The number of carboxylic acids is 1. The Balaban J connectivity index is 4.43. The quantitative estimate of drug-likeness (QED) is 0.504. The molecular weight excluding hydrogens is 183 g/mol. The van der Waals surface area contributed by atoms with Gasteiger partial charge in [-0.1, -0.05) is 0 Å². The summed E-state index contributed by atoms with van der Waals surface area (Å²) >= 11 is 9.42. The Hall–Kier alpha value is -0.610. The number of hydrogen-bond donors (Lipinski definition) is 1. The molecule has 4 nitrogen and oxygen atoms in total. The zero-order valence-corrected chi connectivity index (χ0v) is 6.02. The summed E-state index contributed by atoms with van der Waals surface area (Å²) in [7, 11) is 0. The van der Waals surface area contributed by atoms with E-state index >= 15 is 0 Å². The summed E-state index contributed by atoms with van der Waals surface area (Å²) in [5, 5.41) is 5.53. The second-order valence-electron chi connectivity index (χ2n) is 1.38. The second kappa shape index (κ2) is 3.53. The molecule has 0 spiro atoms. The number of carbonyl (C=O) groups excluding carboxylic acids is 2. The van der Waals surface area contributed by atoms with Crippen molar-refractivity contribution in [3.05, 3.63) is 0 Å². The van der Waals surface area contributed by atoms with E-state index in [0.717, 1.165) is 0 Å². The topological polar surface area (TPSA) is 71.4 Å². The maximum Gasteiger partial charge on any atom is 0.324 e. The van der Waals surface area contributed by atoms with Gasteiger partial charge in [0.1, 0.15) is 0 Å². The van der Waals surface area contributed by atoms with Crippen LogP contribution in [0, 0.1) is 5.92 Å². The molecule has 0 aliphatic carbocycles. The molecule has 0 aromatic carbocycles. The zero-order valence-electron chi connectivity index (χ0n) is 4.51. The standard InChI is InChI=1S/C4H2Cl2O4/c5-2(7)1(3(6)8)4(9)10/h1H,(H,9,10). The van der Waals surface area contributed by atoms with Crippen molar-refractivity contribution in [3.8, 4) is 0 Å². The van der Waals surface area contributed by atoms with Gasteiger partial charge in [-0.3, -0.25) is 14.4 Å². The fourth-order valence-corrected chi connectivity index (χ4v) is 0.724. The van der Waals surface area contributed by atoms with Gasteiger partial charge in [-0.25, -0.2) is 0 Å². The molecule has 0 aromatic heterocycles. The van der Waals surface area contributed by atoms with Crippen molar-refractivity contribution < 1.29 is 19.5 Å². The average molecular weight is 185 g/mol. The number of rotatable bonds is 3. The first-order valence-electron chi connectivity index (χ1n) is 2.08. The lowest BCUT2D eigenvalue weighted by Gasteiger charge is -1.97. The van der Waals surface area contributed by atoms with Crippen molar-refractivity contribution in [2.45, 2.75) is 0 Å². The molecule has 0 atom stereocenters. The molecule has 0 bridgehead atoms. The Morgan fingerprint density at radius 2 is 1.40 bits per heavy atom. The summed E-state index contributed by atoms with van der Waals surface area (Å²) in [6.07, 6.45) is 0. The van der Waals surface area contributed by atoms with E-state index in [4.69, 9.17) is 28.3 Å². The van der Waals surface area contributed by atoms with Crippen LogP contribution in [0.25, 0.3) is 0 Å². The third-order valence-electron chi connectivity index (χ3n) is 0.701. The fraction of sp³-hybridized carbons (Fsp3) is 0.250. The van der Waals surface area contributed by atoms with Crippen LogP contribution in [-0.2, 0) is 14.4 Å². The minimum Gasteiger partial charge on any atom is -0.480 e. The van der Waals surface area contributed by atoms with Crippen LogP contribution >= 0.6 is 23.2 Å². The van der Waals surface area contributed by atoms with Gasteiger partial charge >= 0.3 is 5.97 Å². The van der Waals surface area contributed by atoms with Gasteiger partial charge in [0.2, 0.25) is 16.4 Å². The van der Waals surface area contributed by atoms with Crippen LogP contribution in [0.1, 0.15) is 0 Å². The van der Waals surface area contributed by atoms with E-state index in [-0.39, 0.29) is 0 Å². The largest absolute Gasteiger partial charge is 0.480 e. The fourth-order valence-electron chi connectivity index (χ4n) is 0.283. The molecule has 6 heteroatoms. The molecule has 0 aromatic rings. The predicted molar refractivity (Wildman–Crippen MR) is 32.8 cm³/mol. The predicted octanol–water partition coefficient (Wildman–Crippen LogP) is 0.218. The van der Waals surface area contributed by atoms with Crippen LogP contribution in [0.15, 0.2) is 0 Å². The molecule has 10 heavy (non-hydrogen) atoms. The summed E-state index contributed by atoms with van der Waals surface area (Å²) in [6, 6.07) is 0. The van der Waals surface area contributed by atoms with Gasteiger partial charge in [-0.2, -0.15) is 0 Å². The molecule has 0 fully saturated rings. The SMILES string of the molecule is O=C(O)C(C(=O)Cl)C(=O)Cl. The Kier molecular flexibility index (Phi) is 3.32. The molecular formula is C4H2Cl2O4. The molecule has 0 heterocycles. The molecule has 0 aliphatic rings. The highest BCUT2D eigenvalue weighted by molar-refractivity contribution is 6.75. The van der Waals surface area contributed by atoms with Gasteiger partial charge in [-0.05, 0) is 23.2 Å². The van der Waals surface area contributed by atoms with Crippen molar-refractivity contribution in [2.24, 2.45) is 5.92 Å². The lowest BCUT2D eigenvalue weighted by atomic mass is 10.2. The molecule has 0 saturated carbocycles. The van der Waals surface area contributed by atoms with Crippen molar-refractivity contribution in [1.29, 1.82) is 0 Å². The smallest absolute Gasteiger partial charge is 0.324 e. The van der Waals surface area contributed by atoms with Crippen molar-refractivity contribution >= 4 is 39.7 Å². The van der Waals surface area contributed by atoms with Gasteiger partial charge in [0.25, 0.3) is 0 Å². The molecule has 0 rings (SSSR count). The first-order valence-corrected chi connectivity index (χ1v) is 2.84. The van der Waals surface area contributed by atoms with Crippen LogP contribution in [-0.4, -0.2) is 21.6 Å². The molecule has 0 radical (unpaired) electrons. The van der Waals surface area contributed by atoms with E-state index in [1.807, 2.05) is 0 Å². The number of hydrogen-bond acceptors (Lipinski definition) is 3. The summed E-state index contributed by atoms with van der Waals surface area (Å²) in [5.41, 5.74) is 0. The van der Waals surface area contributed by atoms with Crippen LogP contribution in [0.3, 0.4) is 0 Å². The summed E-state index contributed by atoms with van der Waals surface area (Å²) in [6.45, 7) is 0. The maximum absolute atomic E-state index is 10.1. The molecule has 0 saturated heterocycles. The van der Waals surface area contributed by atoms with E-state index in [1.54, 1.807) is 0 Å². The van der Waals surface area contributed by atoms with E-state index in [0.29, 0.717) is 0 Å². The summed E-state index contributed by atoms with van der Waals surface area (Å²) < 4.78 is 0. The van der Waals surface area contributed by atoms with Crippen LogP contribution in [0.2, 0.25) is 0 Å². The van der Waals surface area contributed by atoms with E-state index < -0.39 is 22.4 Å². The monoisotopic (exact) mass is 184 g/mol. The molecule has 0 aliphatic heterocycles. The van der Waals surface area contributed by atoms with E-state index in [1.165, 1.54) is 0 Å². The first kappa shape index (κ1) is 9.39. The first-order chi connectivity index (χ1) is 4.46. The Bertz CT molecular complexity index is 154. The summed E-state index contributed by atoms with van der Waals surface area (Å²) in [5.74, 6) is -3.58. The van der Waals surface area contributed by atoms with E-state index in [2.05, 4.69) is 0 Å². The van der Waals surface area contributed by atoms with Crippen LogP contribution in [0.5, 0.6) is 0 Å². The Labute approximate surface area is 65.7 Å². The van der Waals surface area contributed by atoms with Crippen molar-refractivity contribution in [1.82, 2.24) is 0 Å². The molecule has 0 unspecified atom stereocenters. The summed E-state index contributed by atoms with van der Waals surface area (Å²) in [4.78, 5) is 30.2. The maximum atomic E-state index is 10.1. The van der Waals surface area contributed by atoms with Gasteiger partial charge in [0.05, 0.1) is 0 Å². The highest BCUT2D eigenvalue weighted by Gasteiger charge is 2.30. The second-order valence-corrected chi connectivity index (χ2v) is 2.12. The number of carboxylic acid groups (broad SMARTS) is 1. The van der Waals surface area contributed by atoms with E-state index in [9.17, 15) is 14.4 Å². The zero-order chi connectivity index (χ0) is 8.31.